The Morgan fingerprint density at radius 1 is 1.06 bits per heavy atom. The summed E-state index contributed by atoms with van der Waals surface area (Å²) in [5, 5.41) is 3.65. The molecule has 1 N–H and O–H groups in total. The second kappa shape index (κ2) is 9.16. The van der Waals surface area contributed by atoms with Gasteiger partial charge in [0.2, 0.25) is 0 Å². The van der Waals surface area contributed by atoms with Crippen molar-refractivity contribution in [2.45, 2.75) is 42.6 Å². The van der Waals surface area contributed by atoms with Gasteiger partial charge in [-0.2, -0.15) is 0 Å². The minimum atomic E-state index is -0.136. The number of halogens is 1. The van der Waals surface area contributed by atoms with Gasteiger partial charge < -0.3 is 10.2 Å². The van der Waals surface area contributed by atoms with E-state index in [-0.39, 0.29) is 17.9 Å². The average molecular weight is 451 g/mol. The van der Waals surface area contributed by atoms with Crippen LogP contribution in [0.1, 0.15) is 46.5 Å². The highest BCUT2D eigenvalue weighted by Crippen LogP contribution is 2.42. The van der Waals surface area contributed by atoms with Crippen LogP contribution in [0.2, 0.25) is 5.02 Å². The van der Waals surface area contributed by atoms with E-state index in [1.807, 2.05) is 80.6 Å². The summed E-state index contributed by atoms with van der Waals surface area (Å²) in [6.07, 6.45) is 0.850. The van der Waals surface area contributed by atoms with E-state index >= 15 is 0 Å². The molecule has 0 unspecified atom stereocenters. The molecule has 0 aromatic heterocycles. The van der Waals surface area contributed by atoms with Gasteiger partial charge in [0.15, 0.2) is 0 Å². The molecule has 1 aliphatic rings. The molecule has 0 bridgehead atoms. The SMILES string of the molecule is CC[C@@H](C)NC(=O)c1ccc2c(c1)N(Cc1ccc(Cl)cc1)C(=O)c1ccccc1S2. The molecule has 0 saturated carbocycles. The van der Waals surface area contributed by atoms with Crippen LogP contribution >= 0.6 is 23.4 Å². The van der Waals surface area contributed by atoms with Crippen molar-refractivity contribution in [3.8, 4) is 0 Å². The lowest BCUT2D eigenvalue weighted by Gasteiger charge is -2.24. The first kappa shape index (κ1) is 21.5. The number of benzene rings is 3. The molecule has 3 aromatic carbocycles. The highest BCUT2D eigenvalue weighted by Gasteiger charge is 2.28. The Kier molecular flexibility index (Phi) is 6.35. The van der Waals surface area contributed by atoms with Gasteiger partial charge in [0.25, 0.3) is 11.8 Å². The summed E-state index contributed by atoms with van der Waals surface area (Å²) < 4.78 is 0. The van der Waals surface area contributed by atoms with Gasteiger partial charge in [0.1, 0.15) is 0 Å². The number of carbonyl (C=O) groups excluding carboxylic acids is 2. The topological polar surface area (TPSA) is 49.4 Å². The molecular weight excluding hydrogens is 428 g/mol. The van der Waals surface area contributed by atoms with Gasteiger partial charge in [-0.05, 0) is 61.4 Å². The molecular formula is C25H23ClN2O2S. The fourth-order valence-corrected chi connectivity index (χ4v) is 4.58. The molecule has 158 valence electrons. The van der Waals surface area contributed by atoms with Crippen molar-refractivity contribution in [3.63, 3.8) is 0 Å². The second-order valence-corrected chi connectivity index (χ2v) is 9.10. The van der Waals surface area contributed by atoms with Gasteiger partial charge in [-0.3, -0.25) is 9.59 Å². The summed E-state index contributed by atoms with van der Waals surface area (Å²) in [6, 6.07) is 20.7. The van der Waals surface area contributed by atoms with Crippen molar-refractivity contribution in [2.24, 2.45) is 0 Å². The first-order chi connectivity index (χ1) is 15.0. The first-order valence-electron chi connectivity index (χ1n) is 10.2. The smallest absolute Gasteiger partial charge is 0.259 e. The zero-order valence-corrected chi connectivity index (χ0v) is 19.0. The third kappa shape index (κ3) is 4.63. The van der Waals surface area contributed by atoms with Crippen LogP contribution < -0.4 is 10.2 Å². The lowest BCUT2D eigenvalue weighted by atomic mass is 10.1. The number of hydrogen-bond donors (Lipinski definition) is 1. The number of anilines is 1. The summed E-state index contributed by atoms with van der Waals surface area (Å²) in [5.74, 6) is -0.223. The Hall–Kier alpha value is -2.76. The number of hydrogen-bond acceptors (Lipinski definition) is 3. The van der Waals surface area contributed by atoms with E-state index < -0.39 is 0 Å². The van der Waals surface area contributed by atoms with E-state index in [1.165, 1.54) is 0 Å². The molecule has 1 heterocycles. The minimum Gasteiger partial charge on any atom is -0.350 e. The van der Waals surface area contributed by atoms with Crippen LogP contribution in [0.5, 0.6) is 0 Å². The Labute approximate surface area is 191 Å². The molecule has 0 aliphatic carbocycles. The largest absolute Gasteiger partial charge is 0.350 e. The molecule has 1 aliphatic heterocycles. The average Bonchev–Trinajstić information content (AvgIpc) is 2.89. The molecule has 3 aromatic rings. The summed E-state index contributed by atoms with van der Waals surface area (Å²) in [4.78, 5) is 29.9. The van der Waals surface area contributed by atoms with Crippen molar-refractivity contribution in [2.75, 3.05) is 4.90 Å². The van der Waals surface area contributed by atoms with E-state index in [1.54, 1.807) is 16.7 Å². The van der Waals surface area contributed by atoms with Crippen molar-refractivity contribution < 1.29 is 9.59 Å². The molecule has 31 heavy (non-hydrogen) atoms. The maximum Gasteiger partial charge on any atom is 0.259 e. The van der Waals surface area contributed by atoms with Crippen LogP contribution in [0, 0.1) is 0 Å². The molecule has 1 atom stereocenters. The summed E-state index contributed by atoms with van der Waals surface area (Å²) in [5.41, 5.74) is 2.89. The van der Waals surface area contributed by atoms with Crippen LogP contribution in [0.3, 0.4) is 0 Å². The number of rotatable bonds is 5. The summed E-state index contributed by atoms with van der Waals surface area (Å²) in [7, 11) is 0. The minimum absolute atomic E-state index is 0.0803. The number of fused-ring (bicyclic) bond motifs is 2. The van der Waals surface area contributed by atoms with E-state index in [0.29, 0.717) is 22.7 Å². The van der Waals surface area contributed by atoms with E-state index in [9.17, 15) is 9.59 Å². The fraction of sp³-hybridized carbons (Fsp3) is 0.200. The molecule has 2 amide bonds. The van der Waals surface area contributed by atoms with E-state index in [4.69, 9.17) is 11.6 Å². The molecule has 0 saturated heterocycles. The van der Waals surface area contributed by atoms with Crippen LogP contribution in [-0.2, 0) is 6.54 Å². The zero-order valence-electron chi connectivity index (χ0n) is 17.4. The van der Waals surface area contributed by atoms with Crippen LogP contribution in [-0.4, -0.2) is 17.9 Å². The second-order valence-electron chi connectivity index (χ2n) is 7.58. The Morgan fingerprint density at radius 3 is 2.55 bits per heavy atom. The summed E-state index contributed by atoms with van der Waals surface area (Å²) in [6.45, 7) is 4.39. The normalized spacial score (nSPS) is 13.8. The standard InChI is InChI=1S/C25H23ClN2O2S/c1-3-16(2)27-24(29)18-10-13-23-21(14-18)28(15-17-8-11-19(26)12-9-17)25(30)20-6-4-5-7-22(20)31-23/h4-14,16H,3,15H2,1-2H3,(H,27,29)/t16-/m1/s1. The third-order valence-electron chi connectivity index (χ3n) is 5.34. The maximum absolute atomic E-state index is 13.6. The number of carbonyl (C=O) groups is 2. The van der Waals surface area contributed by atoms with Gasteiger partial charge in [0, 0.05) is 26.4 Å². The molecule has 0 spiro atoms. The monoisotopic (exact) mass is 450 g/mol. The predicted molar refractivity (Wildman–Crippen MR) is 126 cm³/mol. The zero-order chi connectivity index (χ0) is 22.0. The number of nitrogens with zero attached hydrogens (tertiary/aromatic N) is 1. The highest BCUT2D eigenvalue weighted by molar-refractivity contribution is 7.99. The Bertz CT molecular complexity index is 1130. The van der Waals surface area contributed by atoms with E-state index in [2.05, 4.69) is 5.32 Å². The molecule has 0 radical (unpaired) electrons. The fourth-order valence-electron chi connectivity index (χ4n) is 3.40. The number of amides is 2. The first-order valence-corrected chi connectivity index (χ1v) is 11.4. The number of nitrogens with one attached hydrogen (secondary N) is 1. The van der Waals surface area contributed by atoms with Crippen molar-refractivity contribution >= 4 is 40.9 Å². The van der Waals surface area contributed by atoms with Crippen molar-refractivity contribution in [3.05, 3.63) is 88.4 Å². The van der Waals surface area contributed by atoms with Gasteiger partial charge in [0.05, 0.1) is 17.8 Å². The maximum atomic E-state index is 13.6. The van der Waals surface area contributed by atoms with Crippen LogP contribution in [0.15, 0.2) is 76.5 Å². The van der Waals surface area contributed by atoms with Gasteiger partial charge in [-0.1, -0.05) is 54.6 Å². The quantitative estimate of drug-likeness (QED) is 0.505. The molecule has 4 rings (SSSR count). The summed E-state index contributed by atoms with van der Waals surface area (Å²) >= 11 is 7.59. The van der Waals surface area contributed by atoms with Crippen LogP contribution in [0.25, 0.3) is 0 Å². The van der Waals surface area contributed by atoms with Crippen molar-refractivity contribution in [1.29, 1.82) is 0 Å². The van der Waals surface area contributed by atoms with E-state index in [0.717, 1.165) is 27.5 Å². The van der Waals surface area contributed by atoms with Crippen LogP contribution in [0.4, 0.5) is 5.69 Å². The highest BCUT2D eigenvalue weighted by atomic mass is 35.5. The lowest BCUT2D eigenvalue weighted by molar-refractivity contribution is 0.0936. The lowest BCUT2D eigenvalue weighted by Crippen LogP contribution is -2.33. The Balaban J connectivity index is 1.78. The third-order valence-corrected chi connectivity index (χ3v) is 6.73. The molecule has 6 heteroatoms. The predicted octanol–water partition coefficient (Wildman–Crippen LogP) is 6.18. The van der Waals surface area contributed by atoms with Gasteiger partial charge in [-0.15, -0.1) is 0 Å². The molecule has 4 nitrogen and oxygen atoms in total. The van der Waals surface area contributed by atoms with Crippen molar-refractivity contribution in [1.82, 2.24) is 5.32 Å². The Morgan fingerprint density at radius 2 is 1.81 bits per heavy atom. The molecule has 0 fully saturated rings. The van der Waals surface area contributed by atoms with Gasteiger partial charge >= 0.3 is 0 Å². The van der Waals surface area contributed by atoms with Gasteiger partial charge in [-0.25, -0.2) is 0 Å².